The second kappa shape index (κ2) is 9.35. The van der Waals surface area contributed by atoms with Crippen molar-refractivity contribution in [1.29, 1.82) is 0 Å². The monoisotopic (exact) mass is 405 g/mol. The first-order chi connectivity index (χ1) is 13.1. The van der Waals surface area contributed by atoms with Crippen LogP contribution in [0.1, 0.15) is 24.2 Å². The van der Waals surface area contributed by atoms with E-state index in [0.717, 1.165) is 35.1 Å². The van der Waals surface area contributed by atoms with Gasteiger partial charge in [-0.15, -0.1) is 10.2 Å². The van der Waals surface area contributed by atoms with E-state index in [9.17, 15) is 4.39 Å². The van der Waals surface area contributed by atoms with Gasteiger partial charge in [-0.25, -0.2) is 4.39 Å². The number of methoxy groups -OCH3 is 1. The summed E-state index contributed by atoms with van der Waals surface area (Å²) in [6.45, 7) is 3.44. The van der Waals surface area contributed by atoms with Crippen LogP contribution in [0.5, 0.6) is 0 Å². The van der Waals surface area contributed by atoms with E-state index in [1.807, 2.05) is 24.3 Å². The summed E-state index contributed by atoms with van der Waals surface area (Å²) in [5.74, 6) is 0.505. The van der Waals surface area contributed by atoms with Gasteiger partial charge in [-0.3, -0.25) is 0 Å². The van der Waals surface area contributed by atoms with Gasteiger partial charge in [0.1, 0.15) is 5.82 Å². The van der Waals surface area contributed by atoms with Crippen LogP contribution in [0.4, 0.5) is 4.39 Å². The largest absolute Gasteiger partial charge is 0.385 e. The van der Waals surface area contributed by atoms with E-state index >= 15 is 0 Å². The minimum atomic E-state index is -0.236. The highest BCUT2D eigenvalue weighted by Crippen LogP contribution is 2.36. The molecule has 0 aliphatic heterocycles. The third-order valence-electron chi connectivity index (χ3n) is 4.18. The topological polar surface area (TPSA) is 39.9 Å². The maximum atomic E-state index is 13.2. The summed E-state index contributed by atoms with van der Waals surface area (Å²) >= 11 is 7.96. The molecule has 142 valence electrons. The van der Waals surface area contributed by atoms with Gasteiger partial charge >= 0.3 is 0 Å². The smallest absolute Gasteiger partial charge is 0.192 e. The maximum Gasteiger partial charge on any atom is 0.192 e. The molecule has 1 atom stereocenters. The molecule has 4 nitrogen and oxygen atoms in total. The lowest BCUT2D eigenvalue weighted by Crippen LogP contribution is -2.06. The van der Waals surface area contributed by atoms with Crippen molar-refractivity contribution in [2.24, 2.45) is 0 Å². The predicted octanol–water partition coefficient (Wildman–Crippen LogP) is 5.63. The lowest BCUT2D eigenvalue weighted by molar-refractivity contribution is 0.189. The first-order valence-corrected chi connectivity index (χ1v) is 9.95. The van der Waals surface area contributed by atoms with E-state index in [1.165, 1.54) is 12.1 Å². The number of aromatic nitrogens is 3. The third kappa shape index (κ3) is 4.89. The SMILES string of the molecule is COCCCn1c(SC(C)c2ccc(F)cc2)nnc1-c1ccccc1Cl. The van der Waals surface area contributed by atoms with Crippen molar-refractivity contribution in [3.63, 3.8) is 0 Å². The second-order valence-electron chi connectivity index (χ2n) is 6.10. The van der Waals surface area contributed by atoms with Crippen LogP contribution in [0.25, 0.3) is 11.4 Å². The van der Waals surface area contributed by atoms with E-state index in [1.54, 1.807) is 31.0 Å². The molecule has 0 aliphatic carbocycles. The highest BCUT2D eigenvalue weighted by atomic mass is 35.5. The summed E-state index contributed by atoms with van der Waals surface area (Å²) in [5, 5.41) is 10.3. The summed E-state index contributed by atoms with van der Waals surface area (Å²) in [7, 11) is 1.69. The van der Waals surface area contributed by atoms with Gasteiger partial charge in [-0.05, 0) is 43.2 Å². The van der Waals surface area contributed by atoms with Crippen molar-refractivity contribution in [1.82, 2.24) is 14.8 Å². The molecule has 0 radical (unpaired) electrons. The zero-order chi connectivity index (χ0) is 19.2. The molecule has 27 heavy (non-hydrogen) atoms. The highest BCUT2D eigenvalue weighted by molar-refractivity contribution is 7.99. The van der Waals surface area contributed by atoms with Crippen LogP contribution in [0.3, 0.4) is 0 Å². The summed E-state index contributed by atoms with van der Waals surface area (Å²) in [4.78, 5) is 0. The molecule has 1 aromatic heterocycles. The molecule has 3 aromatic rings. The van der Waals surface area contributed by atoms with Gasteiger partial charge in [0.25, 0.3) is 0 Å². The molecule has 0 bridgehead atoms. The van der Waals surface area contributed by atoms with Gasteiger partial charge in [0, 0.05) is 31.1 Å². The van der Waals surface area contributed by atoms with Crippen LogP contribution in [0.2, 0.25) is 5.02 Å². The quantitative estimate of drug-likeness (QED) is 0.360. The van der Waals surface area contributed by atoms with Crippen molar-refractivity contribution in [3.8, 4) is 11.4 Å². The Kier molecular flexibility index (Phi) is 6.88. The molecule has 0 aliphatic rings. The van der Waals surface area contributed by atoms with Crippen LogP contribution in [0.15, 0.2) is 53.7 Å². The molecule has 0 amide bonds. The third-order valence-corrected chi connectivity index (χ3v) is 5.65. The zero-order valence-electron chi connectivity index (χ0n) is 15.2. The molecule has 2 aromatic carbocycles. The Labute approximate surface area is 167 Å². The summed E-state index contributed by atoms with van der Waals surface area (Å²) in [6.07, 6.45) is 0.838. The van der Waals surface area contributed by atoms with Crippen LogP contribution in [-0.4, -0.2) is 28.5 Å². The maximum absolute atomic E-state index is 13.2. The minimum absolute atomic E-state index is 0.107. The van der Waals surface area contributed by atoms with E-state index in [-0.39, 0.29) is 11.1 Å². The van der Waals surface area contributed by atoms with Gasteiger partial charge in [-0.2, -0.15) is 0 Å². The van der Waals surface area contributed by atoms with E-state index < -0.39 is 0 Å². The Morgan fingerprint density at radius 1 is 1.15 bits per heavy atom. The first kappa shape index (κ1) is 19.9. The van der Waals surface area contributed by atoms with Gasteiger partial charge in [-0.1, -0.05) is 47.6 Å². The molecule has 0 fully saturated rings. The normalized spacial score (nSPS) is 12.3. The summed E-state index contributed by atoms with van der Waals surface area (Å²) in [6, 6.07) is 14.2. The predicted molar refractivity (Wildman–Crippen MR) is 108 cm³/mol. The molecular weight excluding hydrogens is 385 g/mol. The van der Waals surface area contributed by atoms with Crippen molar-refractivity contribution in [2.75, 3.05) is 13.7 Å². The standard InChI is InChI=1S/C20H21ClFN3OS/c1-14(15-8-10-16(22)11-9-15)27-20-24-23-19(25(20)12-5-13-26-2)17-6-3-4-7-18(17)21/h3-4,6-11,14H,5,12-13H2,1-2H3. The molecule has 0 saturated heterocycles. The Morgan fingerprint density at radius 3 is 2.59 bits per heavy atom. The molecule has 1 heterocycles. The van der Waals surface area contributed by atoms with Crippen LogP contribution < -0.4 is 0 Å². The van der Waals surface area contributed by atoms with Crippen LogP contribution in [-0.2, 0) is 11.3 Å². The molecule has 1 unspecified atom stereocenters. The molecule has 0 saturated carbocycles. The Morgan fingerprint density at radius 2 is 1.89 bits per heavy atom. The minimum Gasteiger partial charge on any atom is -0.385 e. The number of nitrogens with zero attached hydrogens (tertiary/aromatic N) is 3. The molecule has 0 spiro atoms. The second-order valence-corrected chi connectivity index (χ2v) is 7.81. The lowest BCUT2D eigenvalue weighted by atomic mass is 10.2. The molecule has 0 N–H and O–H groups in total. The number of ether oxygens (including phenoxy) is 1. The number of hydrogen-bond donors (Lipinski definition) is 0. The summed E-state index contributed by atoms with van der Waals surface area (Å²) in [5.41, 5.74) is 1.89. The number of benzene rings is 2. The van der Waals surface area contributed by atoms with Crippen LogP contribution in [0, 0.1) is 5.82 Å². The highest BCUT2D eigenvalue weighted by Gasteiger charge is 2.19. The Hall–Kier alpha value is -1.89. The van der Waals surface area contributed by atoms with Crippen molar-refractivity contribution in [3.05, 3.63) is 64.9 Å². The van der Waals surface area contributed by atoms with Gasteiger partial charge < -0.3 is 9.30 Å². The van der Waals surface area contributed by atoms with Crippen molar-refractivity contribution in [2.45, 2.75) is 30.3 Å². The number of halogens is 2. The van der Waals surface area contributed by atoms with E-state index in [4.69, 9.17) is 16.3 Å². The first-order valence-electron chi connectivity index (χ1n) is 8.69. The van der Waals surface area contributed by atoms with Gasteiger partial charge in [0.15, 0.2) is 11.0 Å². The Balaban J connectivity index is 1.90. The average molecular weight is 406 g/mol. The van der Waals surface area contributed by atoms with E-state index in [0.29, 0.717) is 11.6 Å². The summed E-state index contributed by atoms with van der Waals surface area (Å²) < 4.78 is 20.4. The van der Waals surface area contributed by atoms with Crippen molar-refractivity contribution < 1.29 is 9.13 Å². The average Bonchev–Trinajstić information content (AvgIpc) is 3.05. The fraction of sp³-hybridized carbons (Fsp3) is 0.300. The fourth-order valence-electron chi connectivity index (χ4n) is 2.75. The number of hydrogen-bond acceptors (Lipinski definition) is 4. The fourth-order valence-corrected chi connectivity index (χ4v) is 3.97. The van der Waals surface area contributed by atoms with Gasteiger partial charge in [0.2, 0.25) is 0 Å². The van der Waals surface area contributed by atoms with Gasteiger partial charge in [0.05, 0.1) is 5.02 Å². The number of thioether (sulfide) groups is 1. The molecule has 7 heteroatoms. The molecular formula is C20H21ClFN3OS. The lowest BCUT2D eigenvalue weighted by Gasteiger charge is -2.14. The van der Waals surface area contributed by atoms with E-state index in [2.05, 4.69) is 21.7 Å². The Bertz CT molecular complexity index is 885. The van der Waals surface area contributed by atoms with Crippen molar-refractivity contribution >= 4 is 23.4 Å². The van der Waals surface area contributed by atoms with Crippen LogP contribution >= 0.6 is 23.4 Å². The zero-order valence-corrected chi connectivity index (χ0v) is 16.8. The number of rotatable bonds is 8. The molecule has 3 rings (SSSR count).